The third-order valence-corrected chi connectivity index (χ3v) is 5.09. The summed E-state index contributed by atoms with van der Waals surface area (Å²) in [5.41, 5.74) is 3.38. The van der Waals surface area contributed by atoms with Crippen molar-refractivity contribution < 1.29 is 19.1 Å². The molecule has 2 aliphatic rings. The van der Waals surface area contributed by atoms with Gasteiger partial charge in [-0.3, -0.25) is 9.59 Å². The lowest BCUT2D eigenvalue weighted by Gasteiger charge is -2.37. The highest BCUT2D eigenvalue weighted by Crippen LogP contribution is 2.34. The van der Waals surface area contributed by atoms with Crippen molar-refractivity contribution in [3.05, 3.63) is 59.2 Å². The first-order valence-electron chi connectivity index (χ1n) is 9.55. The van der Waals surface area contributed by atoms with Crippen molar-refractivity contribution in [1.29, 1.82) is 0 Å². The monoisotopic (exact) mass is 380 g/mol. The number of aryl methyl sites for hydroxylation is 2. The summed E-state index contributed by atoms with van der Waals surface area (Å²) in [5, 5.41) is 0. The molecule has 0 radical (unpaired) electrons. The molecule has 6 nitrogen and oxygen atoms in total. The topological polar surface area (TPSA) is 59.1 Å². The third kappa shape index (κ3) is 3.60. The molecular formula is C22H24N2O4. The van der Waals surface area contributed by atoms with Crippen LogP contribution >= 0.6 is 0 Å². The second-order valence-corrected chi connectivity index (χ2v) is 7.30. The molecule has 4 rings (SSSR count). The number of hydrogen-bond donors (Lipinski definition) is 0. The molecule has 1 fully saturated rings. The molecule has 0 spiro atoms. The van der Waals surface area contributed by atoms with Crippen molar-refractivity contribution in [3.8, 4) is 5.75 Å². The Balaban J connectivity index is 1.65. The zero-order valence-corrected chi connectivity index (χ0v) is 16.2. The SMILES string of the molecule is Cc1cc(C)cc(C(=O)N2C[C@@H](C(=O)N3CCOCC3)Oc3ccccc32)c1. The number of benzene rings is 2. The molecule has 0 saturated carbocycles. The number of amides is 2. The summed E-state index contributed by atoms with van der Waals surface area (Å²) in [5.74, 6) is 0.330. The van der Waals surface area contributed by atoms with Crippen molar-refractivity contribution in [2.45, 2.75) is 20.0 Å². The highest BCUT2D eigenvalue weighted by molar-refractivity contribution is 6.08. The molecule has 2 amide bonds. The number of para-hydroxylation sites is 2. The molecule has 0 unspecified atom stereocenters. The Labute approximate surface area is 164 Å². The zero-order valence-electron chi connectivity index (χ0n) is 16.2. The molecule has 28 heavy (non-hydrogen) atoms. The number of rotatable bonds is 2. The van der Waals surface area contributed by atoms with Crippen LogP contribution < -0.4 is 9.64 Å². The fourth-order valence-corrected chi connectivity index (χ4v) is 3.80. The Morgan fingerprint density at radius 2 is 1.68 bits per heavy atom. The standard InChI is InChI=1S/C22H24N2O4/c1-15-11-16(2)13-17(12-15)21(25)24-14-20(22(26)23-7-9-27-10-8-23)28-19-6-4-3-5-18(19)24/h3-6,11-13,20H,7-10,14H2,1-2H3/t20-/m0/s1. The number of fused-ring (bicyclic) bond motifs is 1. The third-order valence-electron chi connectivity index (χ3n) is 5.09. The predicted octanol–water partition coefficient (Wildman–Crippen LogP) is 2.57. The molecule has 2 aromatic carbocycles. The first-order valence-corrected chi connectivity index (χ1v) is 9.55. The maximum absolute atomic E-state index is 13.3. The molecule has 0 aliphatic carbocycles. The van der Waals surface area contributed by atoms with Gasteiger partial charge in [0.2, 0.25) is 0 Å². The largest absolute Gasteiger partial charge is 0.476 e. The minimum absolute atomic E-state index is 0.101. The summed E-state index contributed by atoms with van der Waals surface area (Å²) in [6.45, 7) is 6.29. The minimum atomic E-state index is -0.720. The lowest BCUT2D eigenvalue weighted by molar-refractivity contribution is -0.142. The molecule has 0 bridgehead atoms. The molecular weight excluding hydrogens is 356 g/mol. The lowest BCUT2D eigenvalue weighted by atomic mass is 10.0. The first-order chi connectivity index (χ1) is 13.5. The van der Waals surface area contributed by atoms with E-state index in [0.29, 0.717) is 43.3 Å². The fourth-order valence-electron chi connectivity index (χ4n) is 3.80. The highest BCUT2D eigenvalue weighted by atomic mass is 16.5. The van der Waals surface area contributed by atoms with Crippen LogP contribution in [-0.2, 0) is 9.53 Å². The lowest BCUT2D eigenvalue weighted by Crippen LogP contribution is -2.54. The van der Waals surface area contributed by atoms with Gasteiger partial charge in [-0.1, -0.05) is 29.3 Å². The normalized spacial score (nSPS) is 19.0. The van der Waals surface area contributed by atoms with Crippen LogP contribution in [0.15, 0.2) is 42.5 Å². The summed E-state index contributed by atoms with van der Waals surface area (Å²) in [6, 6.07) is 13.2. The summed E-state index contributed by atoms with van der Waals surface area (Å²) in [4.78, 5) is 29.7. The van der Waals surface area contributed by atoms with E-state index in [-0.39, 0.29) is 18.4 Å². The van der Waals surface area contributed by atoms with E-state index in [1.54, 1.807) is 15.9 Å². The number of morpholine rings is 1. The van der Waals surface area contributed by atoms with Crippen LogP contribution in [0.25, 0.3) is 0 Å². The van der Waals surface area contributed by atoms with Crippen LogP contribution in [-0.4, -0.2) is 55.7 Å². The van der Waals surface area contributed by atoms with E-state index in [1.807, 2.05) is 50.2 Å². The number of ether oxygens (including phenoxy) is 2. The van der Waals surface area contributed by atoms with Gasteiger partial charge in [-0.2, -0.15) is 0 Å². The molecule has 0 aromatic heterocycles. The van der Waals surface area contributed by atoms with Crippen LogP contribution in [0.4, 0.5) is 5.69 Å². The summed E-state index contributed by atoms with van der Waals surface area (Å²) in [7, 11) is 0. The summed E-state index contributed by atoms with van der Waals surface area (Å²) in [6.07, 6.45) is -0.720. The quantitative estimate of drug-likeness (QED) is 0.804. The van der Waals surface area contributed by atoms with Crippen molar-refractivity contribution >= 4 is 17.5 Å². The smallest absolute Gasteiger partial charge is 0.265 e. The maximum atomic E-state index is 13.3. The van der Waals surface area contributed by atoms with Gasteiger partial charge in [0, 0.05) is 18.7 Å². The summed E-state index contributed by atoms with van der Waals surface area (Å²) >= 11 is 0. The molecule has 2 aliphatic heterocycles. The second-order valence-electron chi connectivity index (χ2n) is 7.30. The average Bonchev–Trinajstić information content (AvgIpc) is 2.71. The Morgan fingerprint density at radius 3 is 2.39 bits per heavy atom. The van der Waals surface area contributed by atoms with E-state index in [4.69, 9.17) is 9.47 Å². The van der Waals surface area contributed by atoms with E-state index in [0.717, 1.165) is 11.1 Å². The van der Waals surface area contributed by atoms with E-state index in [2.05, 4.69) is 0 Å². The Hall–Kier alpha value is -2.86. The van der Waals surface area contributed by atoms with Crippen molar-refractivity contribution in [2.75, 3.05) is 37.7 Å². The van der Waals surface area contributed by atoms with Crippen LogP contribution in [0.1, 0.15) is 21.5 Å². The van der Waals surface area contributed by atoms with E-state index < -0.39 is 6.10 Å². The van der Waals surface area contributed by atoms with Gasteiger partial charge in [0.25, 0.3) is 11.8 Å². The molecule has 2 heterocycles. The van der Waals surface area contributed by atoms with Gasteiger partial charge in [0.05, 0.1) is 25.4 Å². The van der Waals surface area contributed by atoms with E-state index in [9.17, 15) is 9.59 Å². The first kappa shape index (κ1) is 18.5. The van der Waals surface area contributed by atoms with E-state index >= 15 is 0 Å². The van der Waals surface area contributed by atoms with E-state index in [1.165, 1.54) is 0 Å². The predicted molar refractivity (Wildman–Crippen MR) is 106 cm³/mol. The summed E-state index contributed by atoms with van der Waals surface area (Å²) < 4.78 is 11.3. The van der Waals surface area contributed by atoms with Crippen LogP contribution in [0, 0.1) is 13.8 Å². The molecule has 146 valence electrons. The number of carbonyl (C=O) groups is 2. The minimum Gasteiger partial charge on any atom is -0.476 e. The Kier molecular flexibility index (Phi) is 5.05. The van der Waals surface area contributed by atoms with Gasteiger partial charge >= 0.3 is 0 Å². The molecule has 1 atom stereocenters. The van der Waals surface area contributed by atoms with Gasteiger partial charge in [0.1, 0.15) is 5.75 Å². The zero-order chi connectivity index (χ0) is 19.7. The van der Waals surface area contributed by atoms with Crippen LogP contribution in [0.2, 0.25) is 0 Å². The molecule has 1 saturated heterocycles. The molecule has 0 N–H and O–H groups in total. The number of carbonyl (C=O) groups excluding carboxylic acids is 2. The van der Waals surface area contributed by atoms with Crippen LogP contribution in [0.5, 0.6) is 5.75 Å². The van der Waals surface area contributed by atoms with Crippen LogP contribution in [0.3, 0.4) is 0 Å². The number of anilines is 1. The van der Waals surface area contributed by atoms with Gasteiger partial charge in [-0.15, -0.1) is 0 Å². The fraction of sp³-hybridized carbons (Fsp3) is 0.364. The molecule has 6 heteroatoms. The van der Waals surface area contributed by atoms with Gasteiger partial charge in [-0.05, 0) is 38.1 Å². The Morgan fingerprint density at radius 1 is 1.00 bits per heavy atom. The number of nitrogens with zero attached hydrogens (tertiary/aromatic N) is 2. The van der Waals surface area contributed by atoms with Gasteiger partial charge in [0.15, 0.2) is 6.10 Å². The maximum Gasteiger partial charge on any atom is 0.265 e. The highest BCUT2D eigenvalue weighted by Gasteiger charge is 2.36. The van der Waals surface area contributed by atoms with Crippen molar-refractivity contribution in [2.24, 2.45) is 0 Å². The second kappa shape index (κ2) is 7.64. The van der Waals surface area contributed by atoms with Crippen molar-refractivity contribution in [1.82, 2.24) is 4.90 Å². The average molecular weight is 380 g/mol. The van der Waals surface area contributed by atoms with Gasteiger partial charge < -0.3 is 19.3 Å². The molecule has 2 aromatic rings. The van der Waals surface area contributed by atoms with Gasteiger partial charge in [-0.25, -0.2) is 0 Å². The van der Waals surface area contributed by atoms with Crippen molar-refractivity contribution in [3.63, 3.8) is 0 Å². The number of hydrogen-bond acceptors (Lipinski definition) is 4. The Bertz CT molecular complexity index is 885.